The van der Waals surface area contributed by atoms with Crippen LogP contribution in [0.5, 0.6) is 0 Å². The third-order valence-electron chi connectivity index (χ3n) is 3.64. The van der Waals surface area contributed by atoms with E-state index in [4.69, 9.17) is 8.83 Å². The minimum atomic E-state index is -0.471. The van der Waals surface area contributed by atoms with E-state index in [0.717, 1.165) is 0 Å². The molecule has 132 valence electrons. The minimum Gasteiger partial charge on any atom is -0.466 e. The van der Waals surface area contributed by atoms with Crippen molar-refractivity contribution in [3.63, 3.8) is 0 Å². The number of nitrogens with one attached hydrogen (secondary N) is 1. The summed E-state index contributed by atoms with van der Waals surface area (Å²) in [6, 6.07) is 11.1. The van der Waals surface area contributed by atoms with Gasteiger partial charge in [0.25, 0.3) is 11.6 Å². The van der Waals surface area contributed by atoms with Crippen LogP contribution in [-0.4, -0.2) is 17.0 Å². The number of amides is 1. The first kappa shape index (κ1) is 17.2. The predicted octanol–water partition coefficient (Wildman–Crippen LogP) is 3.83. The molecule has 0 aliphatic heterocycles. The molecule has 3 aromatic rings. The van der Waals surface area contributed by atoms with Crippen LogP contribution < -0.4 is 5.43 Å². The number of rotatable bonds is 5. The molecule has 0 spiro atoms. The first-order chi connectivity index (χ1) is 12.5. The number of carbonyl (C=O) groups is 1. The lowest BCUT2D eigenvalue weighted by atomic mass is 10.1. The van der Waals surface area contributed by atoms with Crippen molar-refractivity contribution in [2.45, 2.75) is 13.8 Å². The van der Waals surface area contributed by atoms with Gasteiger partial charge in [-0.2, -0.15) is 5.10 Å². The van der Waals surface area contributed by atoms with Crippen molar-refractivity contribution in [3.8, 4) is 11.3 Å². The van der Waals surface area contributed by atoms with Crippen LogP contribution >= 0.6 is 0 Å². The van der Waals surface area contributed by atoms with Crippen molar-refractivity contribution in [1.29, 1.82) is 0 Å². The summed E-state index contributed by atoms with van der Waals surface area (Å²) in [7, 11) is 0. The summed E-state index contributed by atoms with van der Waals surface area (Å²) in [5.41, 5.74) is 3.10. The number of benzene rings is 1. The van der Waals surface area contributed by atoms with Crippen LogP contribution in [0.4, 0.5) is 5.69 Å². The van der Waals surface area contributed by atoms with Gasteiger partial charge in [0, 0.05) is 6.07 Å². The Hall–Kier alpha value is -3.68. The van der Waals surface area contributed by atoms with Crippen LogP contribution in [0, 0.1) is 24.0 Å². The molecule has 8 nitrogen and oxygen atoms in total. The molecule has 1 N–H and O–H groups in total. The highest BCUT2D eigenvalue weighted by atomic mass is 16.6. The summed E-state index contributed by atoms with van der Waals surface area (Å²) < 4.78 is 10.8. The second kappa shape index (κ2) is 7.06. The fraction of sp³-hybridized carbons (Fsp3) is 0.111. The van der Waals surface area contributed by atoms with Crippen LogP contribution in [-0.2, 0) is 0 Å². The van der Waals surface area contributed by atoms with Crippen molar-refractivity contribution < 1.29 is 18.6 Å². The molecule has 0 aliphatic rings. The standard InChI is InChI=1S/C18H15N3O5/c1-11-9-15(12(2)25-11)18(22)20-19-10-13-7-8-17(26-13)14-5-3-4-6-16(14)21(23)24/h3-10H,1-2H3,(H,20,22)/b19-10+. The Balaban J connectivity index is 1.73. The Kier molecular flexibility index (Phi) is 4.66. The molecular formula is C18H15N3O5. The Morgan fingerprint density at radius 1 is 1.19 bits per heavy atom. The van der Waals surface area contributed by atoms with E-state index in [-0.39, 0.29) is 5.69 Å². The molecule has 0 aliphatic carbocycles. The highest BCUT2D eigenvalue weighted by molar-refractivity contribution is 5.95. The smallest absolute Gasteiger partial charge is 0.280 e. The highest BCUT2D eigenvalue weighted by Gasteiger charge is 2.17. The number of hydrogen-bond acceptors (Lipinski definition) is 6. The molecule has 1 amide bonds. The molecule has 2 aromatic heterocycles. The molecule has 1 aromatic carbocycles. The second-order valence-corrected chi connectivity index (χ2v) is 5.50. The summed E-state index contributed by atoms with van der Waals surface area (Å²) in [4.78, 5) is 22.6. The van der Waals surface area contributed by atoms with Gasteiger partial charge in [0.15, 0.2) is 0 Å². The van der Waals surface area contributed by atoms with Gasteiger partial charge >= 0.3 is 0 Å². The number of nitro benzene ring substituents is 1. The van der Waals surface area contributed by atoms with E-state index >= 15 is 0 Å². The third kappa shape index (κ3) is 3.54. The first-order valence-electron chi connectivity index (χ1n) is 7.70. The minimum absolute atomic E-state index is 0.0514. The molecule has 26 heavy (non-hydrogen) atoms. The fourth-order valence-electron chi connectivity index (χ4n) is 2.48. The molecule has 0 radical (unpaired) electrons. The van der Waals surface area contributed by atoms with Crippen LogP contribution in [0.1, 0.15) is 27.6 Å². The predicted molar refractivity (Wildman–Crippen MR) is 94.0 cm³/mol. The van der Waals surface area contributed by atoms with Gasteiger partial charge in [-0.3, -0.25) is 14.9 Å². The van der Waals surface area contributed by atoms with Crippen LogP contribution in [0.2, 0.25) is 0 Å². The molecule has 0 unspecified atom stereocenters. The summed E-state index contributed by atoms with van der Waals surface area (Å²) in [5.74, 6) is 1.43. The van der Waals surface area contributed by atoms with Gasteiger partial charge in [0.2, 0.25) is 0 Å². The van der Waals surface area contributed by atoms with E-state index < -0.39 is 10.8 Å². The SMILES string of the molecule is Cc1cc(C(=O)N/N=C/c2ccc(-c3ccccc3[N+](=O)[O-])o2)c(C)o1. The number of carbonyl (C=O) groups excluding carboxylic acids is 1. The monoisotopic (exact) mass is 353 g/mol. The van der Waals surface area contributed by atoms with Crippen molar-refractivity contribution in [2.24, 2.45) is 5.10 Å². The molecule has 3 rings (SSSR count). The molecule has 0 atom stereocenters. The summed E-state index contributed by atoms with van der Waals surface area (Å²) >= 11 is 0. The quantitative estimate of drug-likeness (QED) is 0.426. The van der Waals surface area contributed by atoms with Gasteiger partial charge < -0.3 is 8.83 Å². The molecule has 0 saturated carbocycles. The Morgan fingerprint density at radius 3 is 2.65 bits per heavy atom. The largest absolute Gasteiger partial charge is 0.466 e. The van der Waals surface area contributed by atoms with Crippen molar-refractivity contribution in [1.82, 2.24) is 5.43 Å². The molecule has 0 bridgehead atoms. The van der Waals surface area contributed by atoms with Crippen molar-refractivity contribution >= 4 is 17.8 Å². The molecule has 0 saturated heterocycles. The highest BCUT2D eigenvalue weighted by Crippen LogP contribution is 2.30. The van der Waals surface area contributed by atoms with E-state index in [1.54, 1.807) is 50.2 Å². The Labute approximate surface area is 148 Å². The van der Waals surface area contributed by atoms with E-state index in [1.807, 2.05) is 0 Å². The number of aryl methyl sites for hydroxylation is 2. The van der Waals surface area contributed by atoms with Gasteiger partial charge in [0.05, 0.1) is 22.3 Å². The Morgan fingerprint density at radius 2 is 1.96 bits per heavy atom. The number of furan rings is 2. The van der Waals surface area contributed by atoms with E-state index in [2.05, 4.69) is 10.5 Å². The average molecular weight is 353 g/mol. The lowest BCUT2D eigenvalue weighted by Gasteiger charge is -1.98. The van der Waals surface area contributed by atoms with Gasteiger partial charge in [-0.25, -0.2) is 5.43 Å². The number of nitrogens with zero attached hydrogens (tertiary/aromatic N) is 2. The maximum atomic E-state index is 12.0. The Bertz CT molecular complexity index is 1000. The lowest BCUT2D eigenvalue weighted by molar-refractivity contribution is -0.384. The molecular weight excluding hydrogens is 338 g/mol. The second-order valence-electron chi connectivity index (χ2n) is 5.50. The summed E-state index contributed by atoms with van der Waals surface area (Å²) in [5, 5.41) is 14.9. The summed E-state index contributed by atoms with van der Waals surface area (Å²) in [6.45, 7) is 3.44. The summed E-state index contributed by atoms with van der Waals surface area (Å²) in [6.07, 6.45) is 1.32. The van der Waals surface area contributed by atoms with E-state index in [1.165, 1.54) is 12.3 Å². The van der Waals surface area contributed by atoms with Crippen LogP contribution in [0.3, 0.4) is 0 Å². The maximum absolute atomic E-state index is 12.0. The number of para-hydroxylation sites is 1. The zero-order chi connectivity index (χ0) is 18.7. The number of hydrogen-bond donors (Lipinski definition) is 1. The number of hydrazone groups is 1. The molecule has 2 heterocycles. The normalized spacial score (nSPS) is 11.0. The molecule has 0 fully saturated rings. The topological polar surface area (TPSA) is 111 Å². The van der Waals surface area contributed by atoms with E-state index in [0.29, 0.717) is 34.2 Å². The van der Waals surface area contributed by atoms with Gasteiger partial charge in [-0.15, -0.1) is 0 Å². The van der Waals surface area contributed by atoms with Crippen LogP contribution in [0.25, 0.3) is 11.3 Å². The zero-order valence-corrected chi connectivity index (χ0v) is 14.1. The van der Waals surface area contributed by atoms with E-state index in [9.17, 15) is 14.9 Å². The third-order valence-corrected chi connectivity index (χ3v) is 3.64. The fourth-order valence-corrected chi connectivity index (χ4v) is 2.48. The van der Waals surface area contributed by atoms with Crippen LogP contribution in [0.15, 0.2) is 56.4 Å². The van der Waals surface area contributed by atoms with Gasteiger partial charge in [-0.1, -0.05) is 12.1 Å². The first-order valence-corrected chi connectivity index (χ1v) is 7.70. The lowest BCUT2D eigenvalue weighted by Crippen LogP contribution is -2.17. The average Bonchev–Trinajstić information content (AvgIpc) is 3.21. The van der Waals surface area contributed by atoms with Crippen molar-refractivity contribution in [2.75, 3.05) is 0 Å². The van der Waals surface area contributed by atoms with Gasteiger partial charge in [-0.05, 0) is 38.1 Å². The van der Waals surface area contributed by atoms with Crippen molar-refractivity contribution in [3.05, 3.63) is 75.4 Å². The number of nitro groups is 1. The maximum Gasteiger partial charge on any atom is 0.280 e. The zero-order valence-electron chi connectivity index (χ0n) is 14.1. The molecule has 8 heteroatoms. The van der Waals surface area contributed by atoms with Gasteiger partial charge in [0.1, 0.15) is 23.0 Å².